The lowest BCUT2D eigenvalue weighted by Gasteiger charge is -1.98. The van der Waals surface area contributed by atoms with Gasteiger partial charge in [-0.05, 0) is 24.6 Å². The Morgan fingerprint density at radius 2 is 1.94 bits per heavy atom. The number of aryl methyl sites for hydroxylation is 1. The monoisotopic (exact) mass is 247 g/mol. The molecule has 0 aliphatic heterocycles. The number of halogens is 1. The van der Waals surface area contributed by atoms with Crippen LogP contribution in [-0.2, 0) is 4.79 Å². The number of rotatable bonds is 3. The fourth-order valence-electron chi connectivity index (χ4n) is 1.12. The van der Waals surface area contributed by atoms with Gasteiger partial charge in [0.1, 0.15) is 11.6 Å². The average Bonchev–Trinajstić information content (AvgIpc) is 2.30. The number of carbonyl (C=O) groups is 1. The fraction of sp³-hybridized carbons (Fsp3) is 0.0769. The zero-order chi connectivity index (χ0) is 12.8. The Balaban J connectivity index is 2.98. The van der Waals surface area contributed by atoms with Gasteiger partial charge in [0.25, 0.3) is 0 Å². The molecule has 3 nitrogen and oxygen atoms in total. The molecule has 0 saturated carbocycles. The SMILES string of the molecule is Cc1ccc(C(Cl)=CC=C(C#N)C(=O)O)cc1. The van der Waals surface area contributed by atoms with Crippen LogP contribution >= 0.6 is 11.6 Å². The smallest absolute Gasteiger partial charge is 0.346 e. The first-order chi connectivity index (χ1) is 8.04. The van der Waals surface area contributed by atoms with Crippen LogP contribution in [0.1, 0.15) is 11.1 Å². The molecule has 0 saturated heterocycles. The predicted molar refractivity (Wildman–Crippen MR) is 66.3 cm³/mol. The van der Waals surface area contributed by atoms with Crippen molar-refractivity contribution in [3.63, 3.8) is 0 Å². The average molecular weight is 248 g/mol. The van der Waals surface area contributed by atoms with Crippen LogP contribution in [0, 0.1) is 18.3 Å². The van der Waals surface area contributed by atoms with E-state index < -0.39 is 5.97 Å². The number of carboxylic acids is 1. The van der Waals surface area contributed by atoms with Crippen LogP contribution < -0.4 is 0 Å². The van der Waals surface area contributed by atoms with Crippen LogP contribution in [0.4, 0.5) is 0 Å². The molecule has 0 radical (unpaired) electrons. The molecule has 0 heterocycles. The van der Waals surface area contributed by atoms with E-state index in [1.165, 1.54) is 12.2 Å². The summed E-state index contributed by atoms with van der Waals surface area (Å²) in [5.41, 5.74) is 1.53. The van der Waals surface area contributed by atoms with E-state index in [-0.39, 0.29) is 5.57 Å². The molecule has 1 rings (SSSR count). The van der Waals surface area contributed by atoms with Gasteiger partial charge in [0.15, 0.2) is 0 Å². The van der Waals surface area contributed by atoms with E-state index in [9.17, 15) is 4.79 Å². The van der Waals surface area contributed by atoms with Gasteiger partial charge in [-0.25, -0.2) is 4.79 Å². The third kappa shape index (κ3) is 3.78. The van der Waals surface area contributed by atoms with Crippen molar-refractivity contribution in [2.24, 2.45) is 0 Å². The second-order valence-corrected chi connectivity index (χ2v) is 3.79. The summed E-state index contributed by atoms with van der Waals surface area (Å²) in [5.74, 6) is -1.27. The molecule has 0 bridgehead atoms. The van der Waals surface area contributed by atoms with Crippen molar-refractivity contribution in [3.8, 4) is 6.07 Å². The molecule has 17 heavy (non-hydrogen) atoms. The highest BCUT2D eigenvalue weighted by molar-refractivity contribution is 6.48. The van der Waals surface area contributed by atoms with E-state index in [0.29, 0.717) is 5.03 Å². The van der Waals surface area contributed by atoms with Gasteiger partial charge in [0, 0.05) is 5.03 Å². The van der Waals surface area contributed by atoms with Crippen molar-refractivity contribution in [1.82, 2.24) is 0 Å². The Hall–Kier alpha value is -2.05. The highest BCUT2D eigenvalue weighted by Crippen LogP contribution is 2.19. The number of nitriles is 1. The quantitative estimate of drug-likeness (QED) is 0.507. The molecular weight excluding hydrogens is 238 g/mol. The maximum absolute atomic E-state index is 10.6. The molecular formula is C13H10ClNO2. The Labute approximate surface area is 104 Å². The minimum atomic E-state index is -1.27. The fourth-order valence-corrected chi connectivity index (χ4v) is 1.31. The van der Waals surface area contributed by atoms with E-state index in [1.807, 2.05) is 31.2 Å². The van der Waals surface area contributed by atoms with E-state index in [4.69, 9.17) is 22.0 Å². The summed E-state index contributed by atoms with van der Waals surface area (Å²) in [7, 11) is 0. The molecule has 0 fully saturated rings. The van der Waals surface area contributed by atoms with Crippen LogP contribution in [0.2, 0.25) is 0 Å². The molecule has 1 aromatic rings. The zero-order valence-corrected chi connectivity index (χ0v) is 9.90. The third-order valence-corrected chi connectivity index (χ3v) is 2.42. The van der Waals surface area contributed by atoms with Crippen LogP contribution in [-0.4, -0.2) is 11.1 Å². The molecule has 0 spiro atoms. The summed E-state index contributed by atoms with van der Waals surface area (Å²) in [6.45, 7) is 1.96. The number of nitrogens with zero attached hydrogens (tertiary/aromatic N) is 1. The van der Waals surface area contributed by atoms with Crippen molar-refractivity contribution >= 4 is 22.6 Å². The molecule has 0 atom stereocenters. The summed E-state index contributed by atoms with van der Waals surface area (Å²) in [5, 5.41) is 17.6. The van der Waals surface area contributed by atoms with Crippen LogP contribution in [0.5, 0.6) is 0 Å². The highest BCUT2D eigenvalue weighted by atomic mass is 35.5. The summed E-state index contributed by atoms with van der Waals surface area (Å²) < 4.78 is 0. The lowest BCUT2D eigenvalue weighted by Crippen LogP contribution is -1.96. The number of aliphatic carboxylic acids is 1. The lowest BCUT2D eigenvalue weighted by atomic mass is 10.1. The first-order valence-corrected chi connectivity index (χ1v) is 5.20. The molecule has 1 aromatic carbocycles. The maximum atomic E-state index is 10.6. The molecule has 0 unspecified atom stereocenters. The zero-order valence-electron chi connectivity index (χ0n) is 9.14. The van der Waals surface area contributed by atoms with Gasteiger partial charge >= 0.3 is 5.97 Å². The van der Waals surface area contributed by atoms with Crippen molar-refractivity contribution in [3.05, 3.63) is 53.1 Å². The summed E-state index contributed by atoms with van der Waals surface area (Å²) >= 11 is 5.98. The summed E-state index contributed by atoms with van der Waals surface area (Å²) in [6.07, 6.45) is 2.59. The van der Waals surface area contributed by atoms with Crippen molar-refractivity contribution in [2.45, 2.75) is 6.92 Å². The van der Waals surface area contributed by atoms with Crippen LogP contribution in [0.25, 0.3) is 5.03 Å². The molecule has 0 amide bonds. The molecule has 4 heteroatoms. The molecule has 1 N–H and O–H groups in total. The number of carboxylic acid groups (broad SMARTS) is 1. The van der Waals surface area contributed by atoms with Gasteiger partial charge in [-0.15, -0.1) is 0 Å². The Bertz CT molecular complexity index is 521. The molecule has 0 aromatic heterocycles. The standard InChI is InChI=1S/C13H10ClNO2/c1-9-2-4-10(5-3-9)12(14)7-6-11(8-15)13(16)17/h2-7H,1H3,(H,16,17). The predicted octanol–water partition coefficient (Wildman–Crippen LogP) is 3.11. The van der Waals surface area contributed by atoms with E-state index >= 15 is 0 Å². The Morgan fingerprint density at radius 1 is 1.35 bits per heavy atom. The second kappa shape index (κ2) is 5.88. The van der Waals surface area contributed by atoms with Crippen molar-refractivity contribution in [1.29, 1.82) is 5.26 Å². The van der Waals surface area contributed by atoms with Crippen molar-refractivity contribution in [2.75, 3.05) is 0 Å². The first-order valence-electron chi connectivity index (χ1n) is 4.82. The topological polar surface area (TPSA) is 61.1 Å². The minimum absolute atomic E-state index is 0.352. The number of hydrogen-bond acceptors (Lipinski definition) is 2. The number of hydrogen-bond donors (Lipinski definition) is 1. The molecule has 0 aliphatic carbocycles. The third-order valence-electron chi connectivity index (χ3n) is 2.07. The summed E-state index contributed by atoms with van der Waals surface area (Å²) in [6, 6.07) is 9.03. The lowest BCUT2D eigenvalue weighted by molar-refractivity contribution is -0.132. The maximum Gasteiger partial charge on any atom is 0.346 e. The minimum Gasteiger partial charge on any atom is -0.477 e. The van der Waals surface area contributed by atoms with E-state index in [1.54, 1.807) is 6.07 Å². The van der Waals surface area contributed by atoms with E-state index in [0.717, 1.165) is 11.1 Å². The van der Waals surface area contributed by atoms with Gasteiger partial charge in [0.05, 0.1) is 0 Å². The second-order valence-electron chi connectivity index (χ2n) is 3.38. The van der Waals surface area contributed by atoms with E-state index in [2.05, 4.69) is 0 Å². The molecule has 0 aliphatic rings. The normalized spacial score (nSPS) is 12.1. The van der Waals surface area contributed by atoms with Gasteiger partial charge < -0.3 is 5.11 Å². The van der Waals surface area contributed by atoms with Gasteiger partial charge in [-0.2, -0.15) is 5.26 Å². The molecule has 86 valence electrons. The van der Waals surface area contributed by atoms with Gasteiger partial charge in [-0.1, -0.05) is 41.4 Å². The number of benzene rings is 1. The van der Waals surface area contributed by atoms with Crippen LogP contribution in [0.3, 0.4) is 0 Å². The van der Waals surface area contributed by atoms with Gasteiger partial charge in [-0.3, -0.25) is 0 Å². The largest absolute Gasteiger partial charge is 0.477 e. The van der Waals surface area contributed by atoms with Crippen LogP contribution in [0.15, 0.2) is 42.0 Å². The highest BCUT2D eigenvalue weighted by Gasteiger charge is 2.04. The first kappa shape index (κ1) is 13.0. The Kier molecular flexibility index (Phi) is 4.50. The summed E-state index contributed by atoms with van der Waals surface area (Å²) in [4.78, 5) is 10.6. The Morgan fingerprint density at radius 3 is 2.41 bits per heavy atom. The van der Waals surface area contributed by atoms with Gasteiger partial charge in [0.2, 0.25) is 0 Å². The van der Waals surface area contributed by atoms with Crippen molar-refractivity contribution < 1.29 is 9.90 Å². The number of allylic oxidation sites excluding steroid dienone is 2.